The van der Waals surface area contributed by atoms with Crippen LogP contribution >= 0.6 is 0 Å². The van der Waals surface area contributed by atoms with Crippen LogP contribution < -0.4 is 16.0 Å². The maximum atomic E-state index is 12.5. The zero-order chi connectivity index (χ0) is 18.4. The second-order valence-corrected chi connectivity index (χ2v) is 8.56. The molecule has 0 bridgehead atoms. The Balaban J connectivity index is 2.36. The summed E-state index contributed by atoms with van der Waals surface area (Å²) in [6.45, 7) is 6.03. The van der Waals surface area contributed by atoms with Crippen molar-refractivity contribution in [2.75, 3.05) is 6.54 Å². The van der Waals surface area contributed by atoms with Gasteiger partial charge in [0.05, 0.1) is 0 Å². The van der Waals surface area contributed by atoms with E-state index in [4.69, 9.17) is 0 Å². The van der Waals surface area contributed by atoms with Crippen molar-refractivity contribution >= 4 is 15.9 Å². The molecule has 0 aliphatic carbocycles. The van der Waals surface area contributed by atoms with Crippen LogP contribution in [0, 0.1) is 0 Å². The SMILES string of the molecule is Cn1cc(S(=O)(=O)NC2CCN(C(C)(C)C)C2=O)c(=O)n(C)c1=O. The normalized spacial score (nSPS) is 19.1. The highest BCUT2D eigenvalue weighted by atomic mass is 32.2. The van der Waals surface area contributed by atoms with Gasteiger partial charge in [0.1, 0.15) is 6.04 Å². The summed E-state index contributed by atoms with van der Waals surface area (Å²) in [5, 5.41) is 0. The van der Waals surface area contributed by atoms with Gasteiger partial charge < -0.3 is 9.47 Å². The zero-order valence-electron chi connectivity index (χ0n) is 14.4. The van der Waals surface area contributed by atoms with E-state index < -0.39 is 37.7 Å². The van der Waals surface area contributed by atoms with Gasteiger partial charge in [-0.3, -0.25) is 14.2 Å². The van der Waals surface area contributed by atoms with Crippen LogP contribution in [0.3, 0.4) is 0 Å². The van der Waals surface area contributed by atoms with Crippen LogP contribution in [0.2, 0.25) is 0 Å². The van der Waals surface area contributed by atoms with Crippen molar-refractivity contribution < 1.29 is 13.2 Å². The van der Waals surface area contributed by atoms with E-state index in [2.05, 4.69) is 4.72 Å². The molecule has 2 rings (SSSR count). The van der Waals surface area contributed by atoms with E-state index in [1.165, 1.54) is 14.1 Å². The predicted molar refractivity (Wildman–Crippen MR) is 87.1 cm³/mol. The van der Waals surface area contributed by atoms with E-state index in [0.29, 0.717) is 17.5 Å². The van der Waals surface area contributed by atoms with Crippen molar-refractivity contribution in [2.24, 2.45) is 14.1 Å². The molecule has 10 heteroatoms. The number of hydrogen-bond donors (Lipinski definition) is 1. The lowest BCUT2D eigenvalue weighted by molar-refractivity contribution is -0.133. The molecule has 0 spiro atoms. The summed E-state index contributed by atoms with van der Waals surface area (Å²) in [4.78, 5) is 37.2. The lowest BCUT2D eigenvalue weighted by Gasteiger charge is -2.32. The molecule has 1 amide bonds. The minimum absolute atomic E-state index is 0.321. The number of amides is 1. The first-order valence-electron chi connectivity index (χ1n) is 7.47. The van der Waals surface area contributed by atoms with Gasteiger partial charge in [0, 0.05) is 32.4 Å². The molecule has 1 N–H and O–H groups in total. The molecule has 1 aliphatic heterocycles. The topological polar surface area (TPSA) is 110 Å². The van der Waals surface area contributed by atoms with E-state index in [1.54, 1.807) is 4.90 Å². The van der Waals surface area contributed by atoms with Crippen LogP contribution in [0.5, 0.6) is 0 Å². The molecule has 1 fully saturated rings. The molecular weight excluding hydrogens is 336 g/mol. The molecule has 9 nitrogen and oxygen atoms in total. The fourth-order valence-electron chi connectivity index (χ4n) is 2.67. The molecule has 1 atom stereocenters. The highest BCUT2D eigenvalue weighted by Crippen LogP contribution is 2.22. The number of aromatic nitrogens is 2. The van der Waals surface area contributed by atoms with E-state index >= 15 is 0 Å². The summed E-state index contributed by atoms with van der Waals surface area (Å²) in [6, 6.07) is -0.920. The molecule has 1 saturated heterocycles. The number of nitrogens with zero attached hydrogens (tertiary/aromatic N) is 3. The number of nitrogens with one attached hydrogen (secondary N) is 1. The number of aryl methyl sites for hydroxylation is 1. The molecule has 24 heavy (non-hydrogen) atoms. The van der Waals surface area contributed by atoms with Gasteiger partial charge in [0.25, 0.3) is 5.56 Å². The average molecular weight is 358 g/mol. The number of carbonyl (C=O) groups is 1. The van der Waals surface area contributed by atoms with Crippen molar-refractivity contribution in [1.82, 2.24) is 18.8 Å². The Kier molecular flexibility index (Phi) is 4.49. The number of likely N-dealkylation sites (tertiary alicyclic amines) is 1. The molecule has 0 radical (unpaired) electrons. The number of carbonyl (C=O) groups excluding carboxylic acids is 1. The molecule has 1 unspecified atom stereocenters. The maximum Gasteiger partial charge on any atom is 0.330 e. The fourth-order valence-corrected chi connectivity index (χ4v) is 4.05. The largest absolute Gasteiger partial charge is 0.336 e. The van der Waals surface area contributed by atoms with Gasteiger partial charge in [-0.1, -0.05) is 0 Å². The fraction of sp³-hybridized carbons (Fsp3) is 0.643. The van der Waals surface area contributed by atoms with Crippen molar-refractivity contribution in [3.05, 3.63) is 27.0 Å². The van der Waals surface area contributed by atoms with E-state index in [-0.39, 0.29) is 5.91 Å². The minimum Gasteiger partial charge on any atom is -0.336 e. The van der Waals surface area contributed by atoms with E-state index in [0.717, 1.165) is 10.8 Å². The third-order valence-corrected chi connectivity index (χ3v) is 5.47. The van der Waals surface area contributed by atoms with Crippen molar-refractivity contribution in [3.63, 3.8) is 0 Å². The second kappa shape index (κ2) is 5.85. The first-order valence-corrected chi connectivity index (χ1v) is 8.95. The number of hydrogen-bond acceptors (Lipinski definition) is 5. The quantitative estimate of drug-likeness (QED) is 0.727. The van der Waals surface area contributed by atoms with Crippen LogP contribution in [0.25, 0.3) is 0 Å². The Hall–Kier alpha value is -1.94. The third kappa shape index (κ3) is 3.16. The maximum absolute atomic E-state index is 12.5. The van der Waals surface area contributed by atoms with Crippen LogP contribution in [-0.2, 0) is 28.9 Å². The Morgan fingerprint density at radius 1 is 1.17 bits per heavy atom. The average Bonchev–Trinajstić information content (AvgIpc) is 2.81. The van der Waals surface area contributed by atoms with Gasteiger partial charge in [0.15, 0.2) is 4.90 Å². The van der Waals surface area contributed by atoms with Crippen molar-refractivity contribution in [2.45, 2.75) is 43.7 Å². The minimum atomic E-state index is -4.23. The van der Waals surface area contributed by atoms with Gasteiger partial charge in [-0.15, -0.1) is 0 Å². The summed E-state index contributed by atoms with van der Waals surface area (Å²) < 4.78 is 29.0. The molecule has 2 heterocycles. The van der Waals surface area contributed by atoms with Crippen LogP contribution in [0.15, 0.2) is 20.7 Å². The Labute approximate surface area is 139 Å². The zero-order valence-corrected chi connectivity index (χ0v) is 15.2. The molecular formula is C14H22N4O5S. The van der Waals surface area contributed by atoms with E-state index in [9.17, 15) is 22.8 Å². The summed E-state index contributed by atoms with van der Waals surface area (Å²) >= 11 is 0. The first kappa shape index (κ1) is 18.4. The second-order valence-electron chi connectivity index (χ2n) is 6.87. The third-order valence-electron chi connectivity index (χ3n) is 4.02. The Morgan fingerprint density at radius 2 is 1.75 bits per heavy atom. The van der Waals surface area contributed by atoms with Crippen LogP contribution in [0.4, 0.5) is 0 Å². The summed E-state index contributed by atoms with van der Waals surface area (Å²) in [5.41, 5.74) is -1.97. The summed E-state index contributed by atoms with van der Waals surface area (Å²) in [6.07, 6.45) is 1.29. The molecule has 1 aromatic heterocycles. The first-order chi connectivity index (χ1) is 10.9. The molecule has 0 saturated carbocycles. The Bertz CT molecular complexity index is 891. The summed E-state index contributed by atoms with van der Waals surface area (Å²) in [5.74, 6) is -0.326. The van der Waals surface area contributed by atoms with Crippen molar-refractivity contribution in [1.29, 1.82) is 0 Å². The highest BCUT2D eigenvalue weighted by molar-refractivity contribution is 7.89. The number of rotatable bonds is 3. The van der Waals surface area contributed by atoms with Gasteiger partial charge >= 0.3 is 5.69 Å². The standard InChI is InChI=1S/C14H22N4O5S/c1-14(2,3)18-7-6-9(11(18)19)15-24(22,23)10-8-16(4)13(21)17(5)12(10)20/h8-9,15H,6-7H2,1-5H3. The van der Waals surface area contributed by atoms with Crippen LogP contribution in [-0.4, -0.2) is 46.5 Å². The predicted octanol–water partition coefficient (Wildman–Crippen LogP) is -1.24. The van der Waals surface area contributed by atoms with E-state index in [1.807, 2.05) is 20.8 Å². The highest BCUT2D eigenvalue weighted by Gasteiger charge is 2.40. The summed E-state index contributed by atoms with van der Waals surface area (Å²) in [7, 11) is -1.68. The molecule has 0 aromatic carbocycles. The van der Waals surface area contributed by atoms with Gasteiger partial charge in [-0.2, -0.15) is 4.72 Å². The van der Waals surface area contributed by atoms with Crippen LogP contribution in [0.1, 0.15) is 27.2 Å². The Morgan fingerprint density at radius 3 is 2.25 bits per heavy atom. The van der Waals surface area contributed by atoms with Crippen molar-refractivity contribution in [3.8, 4) is 0 Å². The smallest absolute Gasteiger partial charge is 0.330 e. The molecule has 134 valence electrons. The van der Waals surface area contributed by atoms with Gasteiger partial charge in [0.2, 0.25) is 15.9 Å². The molecule has 1 aromatic rings. The monoisotopic (exact) mass is 358 g/mol. The lowest BCUT2D eigenvalue weighted by atomic mass is 10.1. The van der Waals surface area contributed by atoms with Gasteiger partial charge in [-0.25, -0.2) is 13.2 Å². The molecule has 1 aliphatic rings. The lowest BCUT2D eigenvalue weighted by Crippen LogP contribution is -2.49. The van der Waals surface area contributed by atoms with Gasteiger partial charge in [-0.05, 0) is 27.2 Å². The number of sulfonamides is 1.